The standard InChI is InChI=1S/C14H16N2O7S2/c1-14(24(17,18)19,12-5-3-7-16-9-12)13(10-23-25(20,21)22)11-4-2-6-15-8-11/h2-9,13H,10H2,1H3,(H,17,18,19)(H,20,21,22). The lowest BCUT2D eigenvalue weighted by Crippen LogP contribution is -2.41. The first-order chi connectivity index (χ1) is 11.6. The molecule has 0 saturated carbocycles. The average molecular weight is 388 g/mol. The van der Waals surface area contributed by atoms with Gasteiger partial charge in [0, 0.05) is 30.7 Å². The number of rotatable bonds is 7. The molecule has 25 heavy (non-hydrogen) atoms. The first kappa shape index (κ1) is 19.4. The Morgan fingerprint density at radius 1 is 1.08 bits per heavy atom. The van der Waals surface area contributed by atoms with Crippen LogP contribution in [0.3, 0.4) is 0 Å². The number of nitrogens with zero attached hydrogens (tertiary/aromatic N) is 2. The van der Waals surface area contributed by atoms with E-state index in [-0.39, 0.29) is 11.1 Å². The minimum Gasteiger partial charge on any atom is -0.285 e. The van der Waals surface area contributed by atoms with E-state index in [1.807, 2.05) is 0 Å². The molecule has 0 aliphatic carbocycles. The van der Waals surface area contributed by atoms with Gasteiger partial charge in [-0.05, 0) is 30.2 Å². The van der Waals surface area contributed by atoms with Gasteiger partial charge in [-0.15, -0.1) is 0 Å². The molecular weight excluding hydrogens is 372 g/mol. The van der Waals surface area contributed by atoms with Crippen molar-refractivity contribution < 1.29 is 30.1 Å². The first-order valence-electron chi connectivity index (χ1n) is 6.95. The molecule has 0 amide bonds. The van der Waals surface area contributed by atoms with Crippen LogP contribution in [0.1, 0.15) is 24.0 Å². The summed E-state index contributed by atoms with van der Waals surface area (Å²) >= 11 is 0. The summed E-state index contributed by atoms with van der Waals surface area (Å²) < 4.78 is 67.6. The van der Waals surface area contributed by atoms with Crippen molar-refractivity contribution in [3.63, 3.8) is 0 Å². The molecule has 0 fully saturated rings. The fourth-order valence-electron chi connectivity index (χ4n) is 2.50. The Kier molecular flexibility index (Phi) is 5.54. The second kappa shape index (κ2) is 7.14. The summed E-state index contributed by atoms with van der Waals surface area (Å²) in [5.74, 6) is -1.21. The number of aromatic nitrogens is 2. The van der Waals surface area contributed by atoms with Gasteiger partial charge in [-0.1, -0.05) is 12.1 Å². The van der Waals surface area contributed by atoms with Crippen LogP contribution in [0, 0.1) is 0 Å². The Bertz CT molecular complexity index is 918. The lowest BCUT2D eigenvalue weighted by Gasteiger charge is -2.34. The highest BCUT2D eigenvalue weighted by Gasteiger charge is 2.48. The Balaban J connectivity index is 2.66. The van der Waals surface area contributed by atoms with Gasteiger partial charge in [-0.3, -0.25) is 19.1 Å². The third kappa shape index (κ3) is 4.38. The zero-order valence-electron chi connectivity index (χ0n) is 13.0. The Labute approximate surface area is 145 Å². The van der Waals surface area contributed by atoms with E-state index in [0.29, 0.717) is 0 Å². The fourth-order valence-corrected chi connectivity index (χ4v) is 3.79. The van der Waals surface area contributed by atoms with Crippen molar-refractivity contribution in [2.75, 3.05) is 6.61 Å². The molecule has 0 saturated heterocycles. The summed E-state index contributed by atoms with van der Waals surface area (Å²) in [4.78, 5) is 7.73. The lowest BCUT2D eigenvalue weighted by atomic mass is 9.83. The predicted molar refractivity (Wildman–Crippen MR) is 87.6 cm³/mol. The third-order valence-corrected chi connectivity index (χ3v) is 5.93. The van der Waals surface area contributed by atoms with Crippen LogP contribution in [0.5, 0.6) is 0 Å². The Morgan fingerprint density at radius 3 is 2.12 bits per heavy atom. The Morgan fingerprint density at radius 2 is 1.68 bits per heavy atom. The SMILES string of the molecule is CC(c1cccnc1)(C(COS(=O)(=O)O)c1cccnc1)S(=O)(=O)O. The predicted octanol–water partition coefficient (Wildman–Crippen LogP) is 1.18. The van der Waals surface area contributed by atoms with Gasteiger partial charge >= 0.3 is 10.4 Å². The van der Waals surface area contributed by atoms with Crippen LogP contribution >= 0.6 is 0 Å². The maximum Gasteiger partial charge on any atom is 0.397 e. The van der Waals surface area contributed by atoms with E-state index >= 15 is 0 Å². The highest BCUT2D eigenvalue weighted by atomic mass is 32.3. The molecule has 2 rings (SSSR count). The van der Waals surface area contributed by atoms with Gasteiger partial charge in [0.2, 0.25) is 0 Å². The maximum atomic E-state index is 12.2. The van der Waals surface area contributed by atoms with Crippen LogP contribution in [0.2, 0.25) is 0 Å². The molecule has 136 valence electrons. The summed E-state index contributed by atoms with van der Waals surface area (Å²) in [6.07, 6.45) is 5.42. The van der Waals surface area contributed by atoms with E-state index in [2.05, 4.69) is 14.2 Å². The molecule has 2 atom stereocenters. The van der Waals surface area contributed by atoms with Crippen molar-refractivity contribution in [1.29, 1.82) is 0 Å². The third-order valence-electron chi connectivity index (χ3n) is 3.91. The minimum atomic E-state index is -4.83. The Hall–Kier alpha value is -1.92. The quantitative estimate of drug-likeness (QED) is 0.668. The van der Waals surface area contributed by atoms with E-state index in [0.717, 1.165) is 0 Å². The topological polar surface area (TPSA) is 144 Å². The maximum absolute atomic E-state index is 12.2. The molecule has 2 aromatic rings. The van der Waals surface area contributed by atoms with Gasteiger partial charge in [0.05, 0.1) is 6.61 Å². The van der Waals surface area contributed by atoms with Gasteiger partial charge in [0.25, 0.3) is 10.1 Å². The van der Waals surface area contributed by atoms with E-state index in [9.17, 15) is 21.4 Å². The van der Waals surface area contributed by atoms with Crippen molar-refractivity contribution in [2.45, 2.75) is 17.6 Å². The van der Waals surface area contributed by atoms with Crippen molar-refractivity contribution in [3.05, 3.63) is 60.2 Å². The average Bonchev–Trinajstić information content (AvgIpc) is 2.54. The molecule has 2 aromatic heterocycles. The highest BCUT2D eigenvalue weighted by Crippen LogP contribution is 2.43. The summed E-state index contributed by atoms with van der Waals surface area (Å²) in [7, 11) is -9.58. The summed E-state index contributed by atoms with van der Waals surface area (Å²) in [5, 5.41) is 0. The normalized spacial score (nSPS) is 16.1. The molecule has 9 nitrogen and oxygen atoms in total. The van der Waals surface area contributed by atoms with Crippen LogP contribution in [0.25, 0.3) is 0 Å². The van der Waals surface area contributed by atoms with Crippen molar-refractivity contribution in [2.24, 2.45) is 0 Å². The van der Waals surface area contributed by atoms with Crippen LogP contribution in [-0.2, 0) is 29.4 Å². The van der Waals surface area contributed by atoms with Gasteiger partial charge < -0.3 is 0 Å². The fraction of sp³-hybridized carbons (Fsp3) is 0.286. The number of hydrogen-bond acceptors (Lipinski definition) is 7. The zero-order valence-corrected chi connectivity index (χ0v) is 14.7. The van der Waals surface area contributed by atoms with Crippen LogP contribution < -0.4 is 0 Å². The first-order valence-corrected chi connectivity index (χ1v) is 9.75. The molecular formula is C14H16N2O7S2. The minimum absolute atomic E-state index is 0.116. The molecule has 0 radical (unpaired) electrons. The van der Waals surface area contributed by atoms with Crippen LogP contribution in [0.4, 0.5) is 0 Å². The summed E-state index contributed by atoms with van der Waals surface area (Å²) in [6, 6.07) is 5.93. The monoisotopic (exact) mass is 388 g/mol. The smallest absolute Gasteiger partial charge is 0.285 e. The molecule has 0 aromatic carbocycles. The van der Waals surface area contributed by atoms with E-state index in [1.165, 1.54) is 56.0 Å². The van der Waals surface area contributed by atoms with Gasteiger partial charge in [-0.2, -0.15) is 16.8 Å². The number of pyridine rings is 2. The van der Waals surface area contributed by atoms with Gasteiger partial charge in [0.1, 0.15) is 4.75 Å². The lowest BCUT2D eigenvalue weighted by molar-refractivity contribution is 0.227. The summed E-state index contributed by atoms with van der Waals surface area (Å²) in [6.45, 7) is 0.472. The van der Waals surface area contributed by atoms with Gasteiger partial charge in [0.15, 0.2) is 0 Å². The molecule has 0 bridgehead atoms. The van der Waals surface area contributed by atoms with E-state index in [1.54, 1.807) is 0 Å². The highest BCUT2D eigenvalue weighted by molar-refractivity contribution is 7.86. The molecule has 11 heteroatoms. The molecule has 0 spiro atoms. The molecule has 2 heterocycles. The van der Waals surface area contributed by atoms with Crippen LogP contribution in [0.15, 0.2) is 49.1 Å². The van der Waals surface area contributed by atoms with Crippen LogP contribution in [-0.4, -0.2) is 42.5 Å². The van der Waals surface area contributed by atoms with Crippen molar-refractivity contribution in [1.82, 2.24) is 9.97 Å². The second-order valence-corrected chi connectivity index (χ2v) is 8.26. The zero-order chi connectivity index (χ0) is 18.7. The molecule has 2 unspecified atom stereocenters. The van der Waals surface area contributed by atoms with Crippen molar-refractivity contribution >= 4 is 20.5 Å². The van der Waals surface area contributed by atoms with E-state index < -0.39 is 37.8 Å². The molecule has 0 aliphatic rings. The van der Waals surface area contributed by atoms with Gasteiger partial charge in [-0.25, -0.2) is 4.18 Å². The largest absolute Gasteiger partial charge is 0.397 e. The second-order valence-electron chi connectivity index (χ2n) is 5.38. The van der Waals surface area contributed by atoms with E-state index in [4.69, 9.17) is 4.55 Å². The summed E-state index contributed by atoms with van der Waals surface area (Å²) in [5.41, 5.74) is 0.403. The molecule has 2 N–H and O–H groups in total. The number of hydrogen-bond donors (Lipinski definition) is 2. The molecule has 0 aliphatic heterocycles. The van der Waals surface area contributed by atoms with Crippen molar-refractivity contribution in [3.8, 4) is 0 Å².